The Bertz CT molecular complexity index is 1450. The Morgan fingerprint density at radius 3 is 2.03 bits per heavy atom. The van der Waals surface area contributed by atoms with E-state index in [1.807, 2.05) is 30.3 Å². The molecule has 1 aliphatic rings. The van der Waals surface area contributed by atoms with Crippen LogP contribution in [0.1, 0.15) is 59.5 Å². The van der Waals surface area contributed by atoms with Crippen molar-refractivity contribution in [2.24, 2.45) is 0 Å². The first-order valence-corrected chi connectivity index (χ1v) is 12.0. The molecule has 194 valence electrons. The molecule has 3 aromatic rings. The molecule has 0 saturated heterocycles. The molecule has 0 bridgehead atoms. The summed E-state index contributed by atoms with van der Waals surface area (Å²) in [5, 5.41) is 3.31. The topological polar surface area (TPSA) is 102 Å². The highest BCUT2D eigenvalue weighted by Crippen LogP contribution is 2.42. The molecule has 1 aliphatic heterocycles. The summed E-state index contributed by atoms with van der Waals surface area (Å²) in [6.07, 6.45) is 0. The minimum atomic E-state index is -0.620. The number of carbonyl (C=O) groups excluding carboxylic acids is 4. The van der Waals surface area contributed by atoms with E-state index in [0.29, 0.717) is 33.8 Å². The Hall–Kier alpha value is -4.72. The lowest BCUT2D eigenvalue weighted by molar-refractivity contribution is -0.122. The van der Waals surface area contributed by atoms with Gasteiger partial charge in [-0.15, -0.1) is 0 Å². The van der Waals surface area contributed by atoms with E-state index in [1.54, 1.807) is 57.2 Å². The zero-order valence-electron chi connectivity index (χ0n) is 21.8. The average molecular weight is 513 g/mol. The highest BCUT2D eigenvalue weighted by atomic mass is 16.6. The molecule has 0 spiro atoms. The van der Waals surface area contributed by atoms with E-state index < -0.39 is 29.4 Å². The number of anilines is 2. The summed E-state index contributed by atoms with van der Waals surface area (Å²) in [5.41, 5.74) is 2.85. The molecule has 38 heavy (non-hydrogen) atoms. The first kappa shape index (κ1) is 26.3. The quantitative estimate of drug-likeness (QED) is 0.365. The van der Waals surface area contributed by atoms with Crippen LogP contribution < -0.4 is 10.2 Å². The van der Waals surface area contributed by atoms with Gasteiger partial charge in [-0.05, 0) is 62.7 Å². The predicted octanol–water partition coefficient (Wildman–Crippen LogP) is 5.30. The van der Waals surface area contributed by atoms with Gasteiger partial charge in [-0.1, -0.05) is 36.4 Å². The van der Waals surface area contributed by atoms with Crippen molar-refractivity contribution in [2.45, 2.75) is 33.3 Å². The second-order valence-electron chi connectivity index (χ2n) is 9.70. The summed E-state index contributed by atoms with van der Waals surface area (Å²) in [6, 6.07) is 20.6. The van der Waals surface area contributed by atoms with E-state index in [0.717, 1.165) is 4.90 Å². The number of imide groups is 1. The Morgan fingerprint density at radius 1 is 0.816 bits per heavy atom. The van der Waals surface area contributed by atoms with Gasteiger partial charge in [-0.3, -0.25) is 9.59 Å². The number of carbonyl (C=O) groups is 4. The van der Waals surface area contributed by atoms with Crippen LogP contribution in [0.5, 0.6) is 0 Å². The van der Waals surface area contributed by atoms with E-state index in [-0.39, 0.29) is 11.1 Å². The molecule has 0 aliphatic carbocycles. The molecule has 4 rings (SSSR count). The van der Waals surface area contributed by atoms with Crippen LogP contribution in [-0.2, 0) is 19.1 Å². The van der Waals surface area contributed by atoms with Crippen molar-refractivity contribution in [3.8, 4) is 0 Å². The van der Waals surface area contributed by atoms with Gasteiger partial charge < -0.3 is 14.8 Å². The largest absolute Gasteiger partial charge is 0.465 e. The van der Waals surface area contributed by atoms with Crippen LogP contribution in [0.3, 0.4) is 0 Å². The van der Waals surface area contributed by atoms with Crippen molar-refractivity contribution in [1.82, 2.24) is 0 Å². The van der Waals surface area contributed by atoms with Gasteiger partial charge >= 0.3 is 11.9 Å². The van der Waals surface area contributed by atoms with Crippen LogP contribution in [0, 0.1) is 0 Å². The van der Waals surface area contributed by atoms with E-state index >= 15 is 0 Å². The molecule has 0 atom stereocenters. The predicted molar refractivity (Wildman–Crippen MR) is 144 cm³/mol. The first-order valence-electron chi connectivity index (χ1n) is 12.0. The summed E-state index contributed by atoms with van der Waals surface area (Å²) < 4.78 is 10.2. The Balaban J connectivity index is 1.82. The number of ether oxygens (including phenoxy) is 2. The van der Waals surface area contributed by atoms with Crippen molar-refractivity contribution in [3.05, 3.63) is 95.1 Å². The SMILES string of the molecule is COC(=O)c1ccc2c(c1)N(C(C)=O)C(=O)/C2=C(/Nc1ccc(C(=O)OC(C)(C)C)cc1)c1ccccc1. The number of hydrogen-bond donors (Lipinski definition) is 1. The van der Waals surface area contributed by atoms with Gasteiger partial charge in [0.05, 0.1) is 35.2 Å². The highest BCUT2D eigenvalue weighted by Gasteiger charge is 2.38. The van der Waals surface area contributed by atoms with Crippen molar-refractivity contribution in [1.29, 1.82) is 0 Å². The van der Waals surface area contributed by atoms with Crippen LogP contribution in [0.25, 0.3) is 11.3 Å². The third kappa shape index (κ3) is 5.34. The van der Waals surface area contributed by atoms with Crippen LogP contribution in [0.15, 0.2) is 72.8 Å². The van der Waals surface area contributed by atoms with Crippen LogP contribution >= 0.6 is 0 Å². The van der Waals surface area contributed by atoms with Gasteiger partial charge in [0.25, 0.3) is 5.91 Å². The molecular weight excluding hydrogens is 484 g/mol. The summed E-state index contributed by atoms with van der Waals surface area (Å²) >= 11 is 0. The molecule has 8 heteroatoms. The van der Waals surface area contributed by atoms with E-state index in [2.05, 4.69) is 5.32 Å². The number of nitrogens with one attached hydrogen (secondary N) is 1. The van der Waals surface area contributed by atoms with E-state index in [1.165, 1.54) is 20.1 Å². The molecule has 2 amide bonds. The number of esters is 2. The molecule has 0 radical (unpaired) electrons. The van der Waals surface area contributed by atoms with Crippen LogP contribution in [0.4, 0.5) is 11.4 Å². The van der Waals surface area contributed by atoms with Crippen molar-refractivity contribution >= 4 is 46.4 Å². The minimum absolute atomic E-state index is 0.221. The zero-order valence-corrected chi connectivity index (χ0v) is 21.8. The molecule has 1 N–H and O–H groups in total. The van der Waals surface area contributed by atoms with Gasteiger partial charge in [-0.2, -0.15) is 0 Å². The Kier molecular flexibility index (Phi) is 7.17. The fraction of sp³-hybridized carbons (Fsp3) is 0.200. The molecule has 3 aromatic carbocycles. The fourth-order valence-electron chi connectivity index (χ4n) is 4.12. The summed E-state index contributed by atoms with van der Waals surface area (Å²) in [5.74, 6) is -2.02. The second kappa shape index (κ2) is 10.3. The number of amides is 2. The maximum atomic E-state index is 13.7. The minimum Gasteiger partial charge on any atom is -0.465 e. The first-order chi connectivity index (χ1) is 18.0. The van der Waals surface area contributed by atoms with Crippen molar-refractivity contribution < 1.29 is 28.7 Å². The lowest BCUT2D eigenvalue weighted by Crippen LogP contribution is -2.31. The van der Waals surface area contributed by atoms with Crippen LogP contribution in [-0.4, -0.2) is 36.5 Å². The lowest BCUT2D eigenvalue weighted by atomic mass is 9.99. The van der Waals surface area contributed by atoms with E-state index in [9.17, 15) is 19.2 Å². The smallest absolute Gasteiger partial charge is 0.338 e. The summed E-state index contributed by atoms with van der Waals surface area (Å²) in [4.78, 5) is 51.8. The number of fused-ring (bicyclic) bond motifs is 1. The van der Waals surface area contributed by atoms with Crippen LogP contribution in [0.2, 0.25) is 0 Å². The highest BCUT2D eigenvalue weighted by molar-refractivity contribution is 6.43. The Labute approximate surface area is 220 Å². The van der Waals surface area contributed by atoms with Crippen molar-refractivity contribution in [2.75, 3.05) is 17.3 Å². The standard InChI is InChI=1S/C30H28N2O6/c1-18(33)32-24-17-21(28(35)37-5)13-16-23(24)25(27(32)34)26(19-9-7-6-8-10-19)31-22-14-11-20(12-15-22)29(36)38-30(2,3)4/h6-17,31H,1-5H3/b26-25+. The van der Waals surface area contributed by atoms with Crippen molar-refractivity contribution in [3.63, 3.8) is 0 Å². The molecular formula is C30H28N2O6. The molecule has 0 unspecified atom stereocenters. The second-order valence-corrected chi connectivity index (χ2v) is 9.70. The summed E-state index contributed by atoms with van der Waals surface area (Å²) in [7, 11) is 1.26. The lowest BCUT2D eigenvalue weighted by Gasteiger charge is -2.19. The number of nitrogens with zero attached hydrogens (tertiary/aromatic N) is 1. The molecule has 0 aromatic heterocycles. The monoisotopic (exact) mass is 512 g/mol. The van der Waals surface area contributed by atoms with Gasteiger partial charge in [0.2, 0.25) is 5.91 Å². The molecule has 0 fully saturated rings. The number of methoxy groups -OCH3 is 1. The maximum absolute atomic E-state index is 13.7. The third-order valence-electron chi connectivity index (χ3n) is 5.76. The third-order valence-corrected chi connectivity index (χ3v) is 5.76. The van der Waals surface area contributed by atoms with Gasteiger partial charge in [0, 0.05) is 18.2 Å². The molecule has 1 heterocycles. The zero-order chi connectivity index (χ0) is 27.6. The number of hydrogen-bond acceptors (Lipinski definition) is 7. The number of benzene rings is 3. The Morgan fingerprint density at radius 2 is 1.45 bits per heavy atom. The number of rotatable bonds is 5. The van der Waals surface area contributed by atoms with Gasteiger partial charge in [-0.25, -0.2) is 14.5 Å². The summed E-state index contributed by atoms with van der Waals surface area (Å²) in [6.45, 7) is 6.69. The molecule has 0 saturated carbocycles. The maximum Gasteiger partial charge on any atom is 0.338 e. The van der Waals surface area contributed by atoms with Gasteiger partial charge in [0.15, 0.2) is 0 Å². The van der Waals surface area contributed by atoms with E-state index in [4.69, 9.17) is 9.47 Å². The molecule has 8 nitrogen and oxygen atoms in total. The average Bonchev–Trinajstić information content (AvgIpc) is 3.17. The van der Waals surface area contributed by atoms with Gasteiger partial charge in [0.1, 0.15) is 5.60 Å². The fourth-order valence-corrected chi connectivity index (χ4v) is 4.12. The normalized spacial score (nSPS) is 14.0.